The molecule has 2 amide bonds. The number of ketones is 1. The summed E-state index contributed by atoms with van der Waals surface area (Å²) in [6.07, 6.45) is 15.6. The zero-order valence-electron chi connectivity index (χ0n) is 77.1. The maximum atomic E-state index is 14.2. The van der Waals surface area contributed by atoms with E-state index < -0.39 is 39.8 Å². The Morgan fingerprint density at radius 3 is 1.14 bits per heavy atom. The maximum Gasteiger partial charge on any atom is 0.509 e. The van der Waals surface area contributed by atoms with Gasteiger partial charge in [0, 0.05) is 23.2 Å². The minimum absolute atomic E-state index is 0.0114. The van der Waals surface area contributed by atoms with E-state index in [1.807, 2.05) is 278 Å². The van der Waals surface area contributed by atoms with Gasteiger partial charge in [0.05, 0.1) is 85.8 Å². The van der Waals surface area contributed by atoms with Gasteiger partial charge in [0.25, 0.3) is 11.8 Å². The average Bonchev–Trinajstić information content (AvgIpc) is 0.753. The van der Waals surface area contributed by atoms with Gasteiger partial charge in [-0.05, 0) is 196 Å². The number of carbonyl (C=O) groups is 4. The summed E-state index contributed by atoms with van der Waals surface area (Å²) >= 11 is 0. The van der Waals surface area contributed by atoms with Crippen LogP contribution in [0.2, 0.25) is 0 Å². The van der Waals surface area contributed by atoms with E-state index in [9.17, 15) is 29.4 Å². The molecule has 21 rings (SSSR count). The van der Waals surface area contributed by atoms with Crippen LogP contribution in [0.15, 0.2) is 413 Å². The van der Waals surface area contributed by atoms with Gasteiger partial charge in [0.1, 0.15) is 23.9 Å². The Balaban J connectivity index is 0.000000130. The molecular formula is C117H111N5O14P2. The highest BCUT2D eigenvalue weighted by molar-refractivity contribution is 7.80. The van der Waals surface area contributed by atoms with Gasteiger partial charge < -0.3 is 73.9 Å². The molecule has 0 bridgehead atoms. The molecular weight excluding hydrogens is 1760 g/mol. The van der Waals surface area contributed by atoms with E-state index in [-0.39, 0.29) is 54.5 Å². The van der Waals surface area contributed by atoms with Gasteiger partial charge >= 0.3 is 6.16 Å². The van der Waals surface area contributed by atoms with Crippen LogP contribution in [0.5, 0.6) is 34.5 Å². The Hall–Kier alpha value is -14.6. The lowest BCUT2D eigenvalue weighted by Crippen LogP contribution is -2.55. The van der Waals surface area contributed by atoms with E-state index in [0.717, 1.165) is 116 Å². The number of anilines is 6. The van der Waals surface area contributed by atoms with Crippen LogP contribution in [-0.4, -0.2) is 122 Å². The van der Waals surface area contributed by atoms with Crippen molar-refractivity contribution in [3.63, 3.8) is 0 Å². The number of benzene rings is 14. The Labute approximate surface area is 809 Å². The number of para-hydroxylation sites is 12. The van der Waals surface area contributed by atoms with Crippen molar-refractivity contribution in [1.82, 2.24) is 10.6 Å². The SMILES string of the molecule is C1=C[C@H](N2c3ccccc3Oc3ccccc32)COC1.CC(C)(C)OC(=O)OC1C=CCOC1.O=C(/C=C/c1ccccc1)/C=C/c1ccccc1.O=C(NC1CCCCC1NC(=O)c1ccccc1P(c1ccccc1)c1ccccc1)c1ccccc1P(c1ccccc1)c1ccccc1.O[C@@H]1[C@H](O)COC[C@H]1N1c2ccccc2Oc2ccccc21.c1ccc2c(c1)Nc1ccccc1O2. The minimum Gasteiger partial charge on any atom is -0.453 e. The topological polar surface area (TPSA) is 225 Å². The Bertz CT molecular complexity index is 6030. The summed E-state index contributed by atoms with van der Waals surface area (Å²) in [6, 6.07) is 124. The molecule has 3 unspecified atom stereocenters. The Morgan fingerprint density at radius 2 is 0.746 bits per heavy atom. The zero-order valence-corrected chi connectivity index (χ0v) is 78.9. The second kappa shape index (κ2) is 48.2. The van der Waals surface area contributed by atoms with Gasteiger partial charge in [-0.1, -0.05) is 334 Å². The molecule has 7 aliphatic rings. The van der Waals surface area contributed by atoms with Crippen LogP contribution in [0, 0.1) is 0 Å². The van der Waals surface area contributed by atoms with Crippen molar-refractivity contribution in [2.45, 2.75) is 94.5 Å². The van der Waals surface area contributed by atoms with E-state index in [1.54, 1.807) is 39.0 Å². The molecule has 7 atom stereocenters. The second-order valence-corrected chi connectivity index (χ2v) is 38.6. The molecule has 1 aliphatic carbocycles. The first-order valence-electron chi connectivity index (χ1n) is 46.5. The number of aliphatic hydroxyl groups excluding tert-OH is 2. The lowest BCUT2D eigenvalue weighted by Gasteiger charge is -2.43. The van der Waals surface area contributed by atoms with Crippen molar-refractivity contribution in [1.29, 1.82) is 0 Å². The molecule has 14 aromatic rings. The Morgan fingerprint density at radius 1 is 0.391 bits per heavy atom. The summed E-state index contributed by atoms with van der Waals surface area (Å²) in [5, 5.41) is 37.3. The molecule has 138 heavy (non-hydrogen) atoms. The Kier molecular flexibility index (Phi) is 33.7. The molecule has 21 heteroatoms. The number of hydrogen-bond donors (Lipinski definition) is 5. The fourth-order valence-electron chi connectivity index (χ4n) is 16.8. The van der Waals surface area contributed by atoms with E-state index >= 15 is 0 Å². The van der Waals surface area contributed by atoms with Crippen LogP contribution in [0.3, 0.4) is 0 Å². The maximum absolute atomic E-state index is 14.2. The van der Waals surface area contributed by atoms with E-state index in [2.05, 4.69) is 154 Å². The standard InChI is InChI=1S/C44H40N2O2P2.C17H17NO4.C17H15NO2.C17H14O.C12H9NO.C10H16O4/c47-43(37-27-13-17-31-41(37)49(33-19-5-1-6-20-33)34-21-7-2-8-22-34)45-39-29-15-16-30-40(39)46-44(48)38-28-14-18-32-42(38)50(35-23-9-3-10-24-35)36-25-11-4-12-26-36;19-14-10-21-9-13(17(14)20)18-11-5-1-3-7-15(11)22-16-8-4-2-6-12(16)18;1-3-9-16-14(7-1)18(13-6-5-11-19-12-13)15-8-2-4-10-17(15)20-16;18-17(13-11-15-7-3-1-4-8-15)14-12-16-9-5-2-6-10-16;1-3-7-11-9(5-1)13-10-6-2-4-8-12(10)14-11;1-10(2,3)14-9(11)13-8-5-4-6-12-7-8/h1-14,17-28,31-32,39-40H,15-16,29-30H2,(H,45,47)(H,46,48);1-8,13-14,17,19-20H,9-10H2;1-10,13H,11-12H2;1-14H;1-8,13H;4-5,8H,6-7H2,1-3H3/b;;;13-11+,14-12+;;/t;13-,14-,17+;13-;;;/m.10.../s1. The highest BCUT2D eigenvalue weighted by Crippen LogP contribution is 2.50. The van der Waals surface area contributed by atoms with Crippen molar-refractivity contribution >= 4 is 118 Å². The smallest absolute Gasteiger partial charge is 0.453 e. The largest absolute Gasteiger partial charge is 0.509 e. The fourth-order valence-corrected chi connectivity index (χ4v) is 21.7. The highest BCUT2D eigenvalue weighted by atomic mass is 31.1. The summed E-state index contributed by atoms with van der Waals surface area (Å²) in [7, 11) is -1.91. The highest BCUT2D eigenvalue weighted by Gasteiger charge is 2.41. The molecule has 1 saturated heterocycles. The summed E-state index contributed by atoms with van der Waals surface area (Å²) in [4.78, 5) is 55.6. The molecule has 698 valence electrons. The number of amides is 2. The third-order valence-corrected chi connectivity index (χ3v) is 28.3. The predicted molar refractivity (Wildman–Crippen MR) is 555 cm³/mol. The molecule has 1 saturated carbocycles. The summed E-state index contributed by atoms with van der Waals surface area (Å²) < 4.78 is 43.8. The normalized spacial score (nSPS) is 17.8. The number of nitrogens with zero attached hydrogens (tertiary/aromatic N) is 2. The minimum atomic E-state index is -0.955. The lowest BCUT2D eigenvalue weighted by molar-refractivity contribution is -0.110. The van der Waals surface area contributed by atoms with Crippen LogP contribution in [0.25, 0.3) is 12.2 Å². The second-order valence-electron chi connectivity index (χ2n) is 34.2. The van der Waals surface area contributed by atoms with Crippen molar-refractivity contribution in [2.75, 3.05) is 54.8 Å². The van der Waals surface area contributed by atoms with Crippen molar-refractivity contribution in [2.24, 2.45) is 0 Å². The number of ether oxygens (including phenoxy) is 8. The van der Waals surface area contributed by atoms with Crippen LogP contribution in [-0.2, 0) is 28.5 Å². The molecule has 14 aromatic carbocycles. The predicted octanol–water partition coefficient (Wildman–Crippen LogP) is 22.0. The first kappa shape index (κ1) is 96.5. The van der Waals surface area contributed by atoms with Gasteiger partial charge in [-0.2, -0.15) is 0 Å². The van der Waals surface area contributed by atoms with Crippen LogP contribution < -0.4 is 71.8 Å². The zero-order chi connectivity index (χ0) is 95.2. The third kappa shape index (κ3) is 25.7. The number of nitrogens with one attached hydrogen (secondary N) is 3. The quantitative estimate of drug-likeness (QED) is 0.0247. The molecule has 6 aliphatic heterocycles. The van der Waals surface area contributed by atoms with Crippen molar-refractivity contribution < 1.29 is 67.3 Å². The van der Waals surface area contributed by atoms with E-state index in [4.69, 9.17) is 37.9 Å². The van der Waals surface area contributed by atoms with E-state index in [0.29, 0.717) is 44.2 Å². The van der Waals surface area contributed by atoms with Gasteiger partial charge in [0.15, 0.2) is 40.3 Å². The van der Waals surface area contributed by atoms with Crippen molar-refractivity contribution in [3.8, 4) is 34.5 Å². The number of hydrogen-bond acceptors (Lipinski definition) is 17. The average molecular weight is 1870 g/mol. The number of fused-ring (bicyclic) bond motifs is 6. The molecule has 0 radical (unpaired) electrons. The van der Waals surface area contributed by atoms with Crippen LogP contribution >= 0.6 is 15.8 Å². The number of aliphatic hydroxyl groups is 2. The summed E-state index contributed by atoms with van der Waals surface area (Å²) in [6.45, 7) is 8.25. The lowest BCUT2D eigenvalue weighted by atomic mass is 9.89. The van der Waals surface area contributed by atoms with Gasteiger partial charge in [-0.3, -0.25) is 14.4 Å². The van der Waals surface area contributed by atoms with Gasteiger partial charge in [0.2, 0.25) is 0 Å². The van der Waals surface area contributed by atoms with Crippen LogP contribution in [0.1, 0.15) is 78.3 Å². The van der Waals surface area contributed by atoms with Gasteiger partial charge in [-0.15, -0.1) is 0 Å². The molecule has 0 spiro atoms. The van der Waals surface area contributed by atoms with Gasteiger partial charge in [-0.25, -0.2) is 4.79 Å². The fraction of sp³-hybridized carbons (Fsp3) is 0.179. The first-order valence-corrected chi connectivity index (χ1v) is 49.2. The van der Waals surface area contributed by atoms with Crippen LogP contribution in [0.4, 0.5) is 38.9 Å². The van der Waals surface area contributed by atoms with Crippen molar-refractivity contribution in [3.05, 3.63) is 435 Å². The molecule has 6 heterocycles. The summed E-state index contributed by atoms with van der Waals surface area (Å²) in [5.41, 5.74) is 8.85. The number of rotatable bonds is 17. The molecule has 2 fully saturated rings. The molecule has 19 nitrogen and oxygen atoms in total. The monoisotopic (exact) mass is 1870 g/mol. The number of allylic oxidation sites excluding steroid dienone is 2. The molecule has 5 N–H and O–H groups in total. The third-order valence-electron chi connectivity index (χ3n) is 23.3. The first-order chi connectivity index (χ1) is 67.6. The summed E-state index contributed by atoms with van der Waals surface area (Å²) in [5.74, 6) is 4.81. The van der Waals surface area contributed by atoms with E-state index in [1.165, 1.54) is 21.2 Å². The number of carbonyl (C=O) groups excluding carboxylic acids is 4. The molecule has 0 aromatic heterocycles.